The van der Waals surface area contributed by atoms with Crippen molar-refractivity contribution in [2.45, 2.75) is 65.8 Å². The fourth-order valence-corrected chi connectivity index (χ4v) is 3.90. The molecule has 1 aliphatic carbocycles. The molecule has 1 fully saturated rings. The van der Waals surface area contributed by atoms with Crippen LogP contribution < -0.4 is 5.32 Å². The van der Waals surface area contributed by atoms with Gasteiger partial charge in [0.2, 0.25) is 0 Å². The summed E-state index contributed by atoms with van der Waals surface area (Å²) >= 11 is 0. The number of rotatable bonds is 3. The van der Waals surface area contributed by atoms with E-state index < -0.39 is 0 Å². The smallest absolute Gasteiger partial charge is 0.0211 e. The van der Waals surface area contributed by atoms with E-state index >= 15 is 0 Å². The molecule has 1 rings (SSSR count). The Labute approximate surface area is 96.0 Å². The van der Waals surface area contributed by atoms with Crippen LogP contribution in [-0.2, 0) is 0 Å². The molecule has 0 aromatic rings. The summed E-state index contributed by atoms with van der Waals surface area (Å²) in [7, 11) is 2.15. The number of nitrogens with one attached hydrogen (secondary N) is 1. The summed E-state index contributed by atoms with van der Waals surface area (Å²) in [6.45, 7) is 12.0. The van der Waals surface area contributed by atoms with E-state index in [-0.39, 0.29) is 0 Å². The second-order valence-corrected chi connectivity index (χ2v) is 6.38. The van der Waals surface area contributed by atoms with Crippen molar-refractivity contribution in [1.29, 1.82) is 0 Å². The summed E-state index contributed by atoms with van der Waals surface area (Å²) in [5.41, 5.74) is 0.867. The molecule has 1 aliphatic rings. The second kappa shape index (κ2) is 4.45. The molecule has 0 bridgehead atoms. The molecular weight excluding hydrogens is 182 g/mol. The van der Waals surface area contributed by atoms with Gasteiger partial charge in [0.25, 0.3) is 0 Å². The van der Waals surface area contributed by atoms with E-state index in [0.29, 0.717) is 11.0 Å². The van der Waals surface area contributed by atoms with Gasteiger partial charge < -0.3 is 5.32 Å². The van der Waals surface area contributed by atoms with E-state index in [4.69, 9.17) is 0 Å². The minimum Gasteiger partial charge on any atom is -0.314 e. The Morgan fingerprint density at radius 2 is 1.80 bits per heavy atom. The van der Waals surface area contributed by atoms with Gasteiger partial charge in [0.15, 0.2) is 0 Å². The third-order valence-corrected chi connectivity index (χ3v) is 4.78. The molecule has 1 saturated carbocycles. The van der Waals surface area contributed by atoms with Crippen LogP contribution in [-0.4, -0.2) is 12.6 Å². The van der Waals surface area contributed by atoms with Crippen molar-refractivity contribution in [2.24, 2.45) is 17.3 Å². The van der Waals surface area contributed by atoms with E-state index in [2.05, 4.69) is 47.0 Å². The van der Waals surface area contributed by atoms with Crippen molar-refractivity contribution >= 4 is 0 Å². The Morgan fingerprint density at radius 1 is 1.20 bits per heavy atom. The quantitative estimate of drug-likeness (QED) is 0.748. The first-order chi connectivity index (χ1) is 6.88. The molecule has 0 amide bonds. The maximum Gasteiger partial charge on any atom is 0.0211 e. The summed E-state index contributed by atoms with van der Waals surface area (Å²) in [5.74, 6) is 1.63. The molecule has 0 aliphatic heterocycles. The monoisotopic (exact) mass is 211 g/mol. The lowest BCUT2D eigenvalue weighted by molar-refractivity contribution is 0.00807. The SMILES string of the molecule is CCC[C@@]1(NC)C[C@@H](C)CC(C)(C)[C@H]1C. The fourth-order valence-electron chi connectivity index (χ4n) is 3.90. The molecule has 0 aromatic heterocycles. The maximum atomic E-state index is 3.65. The molecule has 0 saturated heterocycles. The lowest BCUT2D eigenvalue weighted by Gasteiger charge is -2.53. The van der Waals surface area contributed by atoms with Crippen molar-refractivity contribution in [1.82, 2.24) is 5.32 Å². The molecule has 15 heavy (non-hydrogen) atoms. The van der Waals surface area contributed by atoms with Gasteiger partial charge in [-0.3, -0.25) is 0 Å². The highest BCUT2D eigenvalue weighted by Gasteiger charge is 2.47. The highest BCUT2D eigenvalue weighted by molar-refractivity contribution is 5.02. The van der Waals surface area contributed by atoms with E-state index in [0.717, 1.165) is 11.8 Å². The predicted octanol–water partition coefficient (Wildman–Crippen LogP) is 3.84. The summed E-state index contributed by atoms with van der Waals surface area (Å²) in [6, 6.07) is 0. The number of hydrogen-bond donors (Lipinski definition) is 1. The maximum absolute atomic E-state index is 3.65. The molecule has 0 radical (unpaired) electrons. The lowest BCUT2D eigenvalue weighted by Crippen LogP contribution is -2.57. The Balaban J connectivity index is 2.93. The van der Waals surface area contributed by atoms with Gasteiger partial charge in [0.1, 0.15) is 0 Å². The highest BCUT2D eigenvalue weighted by Crippen LogP contribution is 2.49. The van der Waals surface area contributed by atoms with Crippen LogP contribution in [0.3, 0.4) is 0 Å². The standard InChI is InChI=1S/C14H29N/c1-7-8-14(15-6)10-11(2)9-13(4,5)12(14)3/h11-12,15H,7-10H2,1-6H3/t11-,12+,14+/m0/s1. The molecule has 1 heteroatoms. The van der Waals surface area contributed by atoms with Gasteiger partial charge in [-0.05, 0) is 43.6 Å². The van der Waals surface area contributed by atoms with Gasteiger partial charge in [-0.25, -0.2) is 0 Å². The summed E-state index contributed by atoms with van der Waals surface area (Å²) in [4.78, 5) is 0. The third-order valence-electron chi connectivity index (χ3n) is 4.78. The van der Waals surface area contributed by atoms with E-state index in [1.54, 1.807) is 0 Å². The van der Waals surface area contributed by atoms with Crippen LogP contribution in [0.4, 0.5) is 0 Å². The summed E-state index contributed by atoms with van der Waals surface area (Å²) in [6.07, 6.45) is 5.33. The molecule has 1 N–H and O–H groups in total. The Morgan fingerprint density at radius 3 is 2.27 bits per heavy atom. The Hall–Kier alpha value is -0.0400. The molecule has 0 aromatic carbocycles. The largest absolute Gasteiger partial charge is 0.314 e. The van der Waals surface area contributed by atoms with Crippen molar-refractivity contribution < 1.29 is 0 Å². The van der Waals surface area contributed by atoms with Crippen LogP contribution in [0.1, 0.15) is 60.3 Å². The Bertz CT molecular complexity index is 209. The van der Waals surface area contributed by atoms with Crippen LogP contribution in [0.2, 0.25) is 0 Å². The van der Waals surface area contributed by atoms with E-state index in [9.17, 15) is 0 Å². The molecule has 0 spiro atoms. The van der Waals surface area contributed by atoms with Gasteiger partial charge in [0.05, 0.1) is 0 Å². The molecular formula is C14H29N. The first-order valence-electron chi connectivity index (χ1n) is 6.57. The normalized spacial score (nSPS) is 40.4. The van der Waals surface area contributed by atoms with Crippen molar-refractivity contribution in [3.63, 3.8) is 0 Å². The van der Waals surface area contributed by atoms with Crippen molar-refractivity contribution in [3.05, 3.63) is 0 Å². The first kappa shape index (κ1) is 13.0. The second-order valence-electron chi connectivity index (χ2n) is 6.38. The van der Waals surface area contributed by atoms with Gasteiger partial charge in [-0.1, -0.05) is 41.0 Å². The lowest BCUT2D eigenvalue weighted by atomic mass is 9.56. The third kappa shape index (κ3) is 2.38. The number of hydrogen-bond acceptors (Lipinski definition) is 1. The molecule has 3 atom stereocenters. The highest BCUT2D eigenvalue weighted by atomic mass is 15.0. The van der Waals surface area contributed by atoms with Gasteiger partial charge in [0, 0.05) is 5.54 Å². The zero-order valence-corrected chi connectivity index (χ0v) is 11.5. The summed E-state index contributed by atoms with van der Waals surface area (Å²) < 4.78 is 0. The molecule has 1 nitrogen and oxygen atoms in total. The van der Waals surface area contributed by atoms with Crippen molar-refractivity contribution in [3.8, 4) is 0 Å². The zero-order chi connectivity index (χ0) is 11.7. The topological polar surface area (TPSA) is 12.0 Å². The fraction of sp³-hybridized carbons (Fsp3) is 1.00. The Kier molecular flexibility index (Phi) is 3.86. The molecule has 90 valence electrons. The average molecular weight is 211 g/mol. The van der Waals surface area contributed by atoms with Crippen LogP contribution in [0, 0.1) is 17.3 Å². The minimum absolute atomic E-state index is 0.385. The predicted molar refractivity (Wildman–Crippen MR) is 68.0 cm³/mol. The zero-order valence-electron chi connectivity index (χ0n) is 11.5. The summed E-state index contributed by atoms with van der Waals surface area (Å²) in [5, 5.41) is 3.65. The van der Waals surface area contributed by atoms with Gasteiger partial charge >= 0.3 is 0 Å². The van der Waals surface area contributed by atoms with E-state index in [1.165, 1.54) is 25.7 Å². The first-order valence-corrected chi connectivity index (χ1v) is 6.57. The van der Waals surface area contributed by atoms with Crippen LogP contribution in [0.5, 0.6) is 0 Å². The van der Waals surface area contributed by atoms with Gasteiger partial charge in [-0.15, -0.1) is 0 Å². The van der Waals surface area contributed by atoms with Crippen LogP contribution >= 0.6 is 0 Å². The molecule has 0 unspecified atom stereocenters. The van der Waals surface area contributed by atoms with Crippen LogP contribution in [0.15, 0.2) is 0 Å². The minimum atomic E-state index is 0.385. The average Bonchev–Trinajstić information content (AvgIpc) is 2.13. The van der Waals surface area contributed by atoms with Gasteiger partial charge in [-0.2, -0.15) is 0 Å². The van der Waals surface area contributed by atoms with E-state index in [1.807, 2.05) is 0 Å². The molecule has 0 heterocycles. The van der Waals surface area contributed by atoms with Crippen molar-refractivity contribution in [2.75, 3.05) is 7.05 Å². The van der Waals surface area contributed by atoms with Crippen LogP contribution in [0.25, 0.3) is 0 Å².